The molecule has 2 rings (SSSR count). The molecule has 0 bridgehead atoms. The van der Waals surface area contributed by atoms with Crippen LogP contribution < -0.4 is 5.32 Å². The van der Waals surface area contributed by atoms with Gasteiger partial charge in [0.2, 0.25) is 0 Å². The number of benzene rings is 1. The van der Waals surface area contributed by atoms with E-state index in [0.29, 0.717) is 12.2 Å². The highest BCUT2D eigenvalue weighted by Crippen LogP contribution is 2.17. The summed E-state index contributed by atoms with van der Waals surface area (Å²) in [5, 5.41) is 3.98. The summed E-state index contributed by atoms with van der Waals surface area (Å²) in [5.41, 5.74) is 1.07. The van der Waals surface area contributed by atoms with Crippen molar-refractivity contribution in [1.29, 1.82) is 0 Å². The number of Topliss-reactive ketones (excluding diaryl/α,β-unsaturated/α-hetero) is 1. The Morgan fingerprint density at radius 2 is 2.25 bits per heavy atom. The first-order valence-electron chi connectivity index (χ1n) is 5.77. The summed E-state index contributed by atoms with van der Waals surface area (Å²) in [5.74, 6) is 0.317. The van der Waals surface area contributed by atoms with E-state index in [4.69, 9.17) is 11.6 Å². The van der Waals surface area contributed by atoms with Gasteiger partial charge in [-0.25, -0.2) is 0 Å². The van der Waals surface area contributed by atoms with E-state index in [1.54, 1.807) is 0 Å². The summed E-state index contributed by atoms with van der Waals surface area (Å²) in [7, 11) is 0. The zero-order chi connectivity index (χ0) is 11.4. The third-order valence-electron chi connectivity index (χ3n) is 3.05. The van der Waals surface area contributed by atoms with Gasteiger partial charge in [0, 0.05) is 11.4 Å². The van der Waals surface area contributed by atoms with Gasteiger partial charge in [0.1, 0.15) is 5.78 Å². The second-order valence-corrected chi connectivity index (χ2v) is 4.61. The number of ketones is 1. The second kappa shape index (κ2) is 5.46. The predicted octanol–water partition coefficient (Wildman–Crippen LogP) is 2.59. The van der Waals surface area contributed by atoms with Gasteiger partial charge in [-0.15, -0.1) is 0 Å². The molecule has 3 heteroatoms. The van der Waals surface area contributed by atoms with Crippen molar-refractivity contribution in [3.05, 3.63) is 34.9 Å². The fourth-order valence-corrected chi connectivity index (χ4v) is 2.32. The Hall–Kier alpha value is -0.860. The number of hydrogen-bond donors (Lipinski definition) is 1. The molecule has 1 aromatic rings. The van der Waals surface area contributed by atoms with Gasteiger partial charge < -0.3 is 5.32 Å². The molecule has 1 N–H and O–H groups in total. The number of nitrogens with one attached hydrogen (secondary N) is 1. The van der Waals surface area contributed by atoms with Crippen LogP contribution in [0.25, 0.3) is 0 Å². The topological polar surface area (TPSA) is 29.1 Å². The van der Waals surface area contributed by atoms with E-state index in [1.165, 1.54) is 0 Å². The van der Waals surface area contributed by atoms with E-state index >= 15 is 0 Å². The maximum absolute atomic E-state index is 11.8. The number of rotatable bonds is 4. The molecule has 1 saturated heterocycles. The van der Waals surface area contributed by atoms with Gasteiger partial charge >= 0.3 is 0 Å². The molecule has 1 fully saturated rings. The molecule has 86 valence electrons. The summed E-state index contributed by atoms with van der Waals surface area (Å²) in [6.45, 7) is 0.975. The number of hydrogen-bond acceptors (Lipinski definition) is 2. The average molecular weight is 238 g/mol. The lowest BCUT2D eigenvalue weighted by atomic mass is 10.0. The minimum absolute atomic E-state index is 0.0856. The van der Waals surface area contributed by atoms with Crippen molar-refractivity contribution in [3.8, 4) is 0 Å². The summed E-state index contributed by atoms with van der Waals surface area (Å²) < 4.78 is 0. The molecule has 1 aliphatic heterocycles. The van der Waals surface area contributed by atoms with Crippen molar-refractivity contribution in [2.75, 3.05) is 6.54 Å². The van der Waals surface area contributed by atoms with Crippen molar-refractivity contribution in [2.45, 2.75) is 31.7 Å². The van der Waals surface area contributed by atoms with Crippen LogP contribution >= 0.6 is 11.6 Å². The minimum Gasteiger partial charge on any atom is -0.307 e. The Kier molecular flexibility index (Phi) is 3.97. The van der Waals surface area contributed by atoms with Crippen LogP contribution in [0.4, 0.5) is 0 Å². The SMILES string of the molecule is O=C(CCc1ccccc1Cl)C1CCCN1. The van der Waals surface area contributed by atoms with Gasteiger partial charge in [0.25, 0.3) is 0 Å². The number of halogens is 1. The molecule has 1 aliphatic rings. The molecule has 0 spiro atoms. The molecule has 1 heterocycles. The van der Waals surface area contributed by atoms with Crippen LogP contribution in [-0.2, 0) is 11.2 Å². The molecule has 0 amide bonds. The van der Waals surface area contributed by atoms with Crippen molar-refractivity contribution >= 4 is 17.4 Å². The molecule has 2 nitrogen and oxygen atoms in total. The fourth-order valence-electron chi connectivity index (χ4n) is 2.09. The number of carbonyl (C=O) groups is 1. The van der Waals surface area contributed by atoms with Gasteiger partial charge in [-0.2, -0.15) is 0 Å². The Bertz CT molecular complexity index is 372. The Balaban J connectivity index is 1.87. The predicted molar refractivity (Wildman–Crippen MR) is 65.8 cm³/mol. The van der Waals surface area contributed by atoms with Crippen LogP contribution in [0.5, 0.6) is 0 Å². The summed E-state index contributed by atoms with van der Waals surface area (Å²) in [4.78, 5) is 11.8. The lowest BCUT2D eigenvalue weighted by Gasteiger charge is -2.09. The summed E-state index contributed by atoms with van der Waals surface area (Å²) in [6, 6.07) is 7.81. The van der Waals surface area contributed by atoms with Crippen LogP contribution in [0.1, 0.15) is 24.8 Å². The lowest BCUT2D eigenvalue weighted by Crippen LogP contribution is -2.30. The first-order chi connectivity index (χ1) is 7.77. The Morgan fingerprint density at radius 3 is 2.94 bits per heavy atom. The molecule has 0 aromatic heterocycles. The number of carbonyl (C=O) groups excluding carboxylic acids is 1. The highest BCUT2D eigenvalue weighted by atomic mass is 35.5. The molecule has 0 radical (unpaired) electrons. The van der Waals surface area contributed by atoms with Crippen molar-refractivity contribution in [3.63, 3.8) is 0 Å². The van der Waals surface area contributed by atoms with E-state index < -0.39 is 0 Å². The van der Waals surface area contributed by atoms with Crippen molar-refractivity contribution < 1.29 is 4.79 Å². The van der Waals surface area contributed by atoms with E-state index in [-0.39, 0.29) is 6.04 Å². The van der Waals surface area contributed by atoms with Crippen molar-refractivity contribution in [2.24, 2.45) is 0 Å². The van der Waals surface area contributed by atoms with Crippen LogP contribution in [-0.4, -0.2) is 18.4 Å². The maximum atomic E-state index is 11.8. The Labute approximate surface area is 101 Å². The normalized spacial score (nSPS) is 19.9. The standard InChI is InChI=1S/C13H16ClNO/c14-11-5-2-1-4-10(11)7-8-13(16)12-6-3-9-15-12/h1-2,4-5,12,15H,3,6-9H2. The van der Waals surface area contributed by atoms with E-state index in [9.17, 15) is 4.79 Å². The largest absolute Gasteiger partial charge is 0.307 e. The second-order valence-electron chi connectivity index (χ2n) is 4.21. The zero-order valence-corrected chi connectivity index (χ0v) is 9.96. The Morgan fingerprint density at radius 1 is 1.44 bits per heavy atom. The third kappa shape index (κ3) is 2.83. The van der Waals surface area contributed by atoms with Crippen molar-refractivity contribution in [1.82, 2.24) is 5.32 Å². The first kappa shape index (κ1) is 11.6. The van der Waals surface area contributed by atoms with E-state index in [2.05, 4.69) is 5.32 Å². The van der Waals surface area contributed by atoms with Gasteiger partial charge in [-0.05, 0) is 37.4 Å². The highest BCUT2D eigenvalue weighted by molar-refractivity contribution is 6.31. The highest BCUT2D eigenvalue weighted by Gasteiger charge is 2.21. The van der Waals surface area contributed by atoms with Crippen LogP contribution in [0.2, 0.25) is 5.02 Å². The van der Waals surface area contributed by atoms with Crippen LogP contribution in [0.3, 0.4) is 0 Å². The summed E-state index contributed by atoms with van der Waals surface area (Å²) in [6.07, 6.45) is 3.43. The minimum atomic E-state index is 0.0856. The van der Waals surface area contributed by atoms with Gasteiger partial charge in [-0.1, -0.05) is 29.8 Å². The summed E-state index contributed by atoms with van der Waals surface area (Å²) >= 11 is 6.04. The molecular formula is C13H16ClNO. The average Bonchev–Trinajstić information content (AvgIpc) is 2.81. The van der Waals surface area contributed by atoms with E-state index in [0.717, 1.165) is 36.4 Å². The fraction of sp³-hybridized carbons (Fsp3) is 0.462. The van der Waals surface area contributed by atoms with Crippen LogP contribution in [0.15, 0.2) is 24.3 Å². The van der Waals surface area contributed by atoms with Gasteiger partial charge in [0.05, 0.1) is 6.04 Å². The van der Waals surface area contributed by atoms with Crippen LogP contribution in [0, 0.1) is 0 Å². The molecule has 1 atom stereocenters. The maximum Gasteiger partial charge on any atom is 0.150 e. The molecule has 0 aliphatic carbocycles. The first-order valence-corrected chi connectivity index (χ1v) is 6.14. The monoisotopic (exact) mass is 237 g/mol. The van der Waals surface area contributed by atoms with Gasteiger partial charge in [-0.3, -0.25) is 4.79 Å². The van der Waals surface area contributed by atoms with E-state index in [1.807, 2.05) is 24.3 Å². The smallest absolute Gasteiger partial charge is 0.150 e. The molecular weight excluding hydrogens is 222 g/mol. The van der Waals surface area contributed by atoms with Gasteiger partial charge in [0.15, 0.2) is 0 Å². The quantitative estimate of drug-likeness (QED) is 0.872. The molecule has 0 saturated carbocycles. The molecule has 16 heavy (non-hydrogen) atoms. The molecule has 1 aromatic carbocycles. The third-order valence-corrected chi connectivity index (χ3v) is 3.42. The lowest BCUT2D eigenvalue weighted by molar-refractivity contribution is -0.120. The molecule has 1 unspecified atom stereocenters. The zero-order valence-electron chi connectivity index (χ0n) is 9.21. The number of aryl methyl sites for hydroxylation is 1.